The van der Waals surface area contributed by atoms with E-state index in [1.165, 1.54) is 10.6 Å². The lowest BCUT2D eigenvalue weighted by atomic mass is 10.2. The number of fused-ring (bicyclic) bond motifs is 1. The van der Waals surface area contributed by atoms with E-state index in [-0.39, 0.29) is 17.9 Å². The van der Waals surface area contributed by atoms with Crippen molar-refractivity contribution in [3.8, 4) is 0 Å². The van der Waals surface area contributed by atoms with Gasteiger partial charge in [-0.1, -0.05) is 6.07 Å². The Labute approximate surface area is 115 Å². The van der Waals surface area contributed by atoms with E-state index in [9.17, 15) is 13.2 Å². The second kappa shape index (κ2) is 4.55. The van der Waals surface area contributed by atoms with Crippen molar-refractivity contribution in [1.29, 1.82) is 0 Å². The normalized spacial score (nSPS) is 21.3. The highest BCUT2D eigenvalue weighted by Gasteiger charge is 2.32. The zero-order valence-corrected chi connectivity index (χ0v) is 11.4. The molecule has 0 bridgehead atoms. The van der Waals surface area contributed by atoms with Crippen LogP contribution in [0, 0.1) is 0 Å². The lowest BCUT2D eigenvalue weighted by Gasteiger charge is -2.04. The minimum Gasteiger partial charge on any atom is -0.477 e. The average molecular weight is 295 g/mol. The van der Waals surface area contributed by atoms with E-state index in [0.29, 0.717) is 24.3 Å². The van der Waals surface area contributed by atoms with Crippen LogP contribution in [0.2, 0.25) is 0 Å². The number of carboxylic acid groups (broad SMARTS) is 1. The summed E-state index contributed by atoms with van der Waals surface area (Å²) in [5.41, 5.74) is 0.422. The average Bonchev–Trinajstić information content (AvgIpc) is 2.92. The number of carbonyl (C=O) groups is 1. The molecule has 1 N–H and O–H groups in total. The monoisotopic (exact) mass is 295 g/mol. The molecule has 0 spiro atoms. The van der Waals surface area contributed by atoms with Crippen LogP contribution in [0.1, 0.15) is 29.2 Å². The van der Waals surface area contributed by atoms with Crippen LogP contribution in [0.5, 0.6) is 0 Å². The van der Waals surface area contributed by atoms with Gasteiger partial charge < -0.3 is 5.11 Å². The molecule has 1 atom stereocenters. The van der Waals surface area contributed by atoms with Crippen LogP contribution >= 0.6 is 0 Å². The summed E-state index contributed by atoms with van der Waals surface area (Å²) in [6.07, 6.45) is 1.52. The largest absolute Gasteiger partial charge is 0.477 e. The van der Waals surface area contributed by atoms with Crippen molar-refractivity contribution in [3.05, 3.63) is 29.7 Å². The van der Waals surface area contributed by atoms with Crippen molar-refractivity contribution >= 4 is 21.5 Å². The molecule has 3 heterocycles. The third kappa shape index (κ3) is 2.15. The highest BCUT2D eigenvalue weighted by molar-refractivity contribution is 7.92. The first-order chi connectivity index (χ1) is 9.47. The summed E-state index contributed by atoms with van der Waals surface area (Å²) >= 11 is 0. The molecule has 1 aliphatic rings. The molecule has 20 heavy (non-hydrogen) atoms. The van der Waals surface area contributed by atoms with Gasteiger partial charge in [-0.05, 0) is 25.0 Å². The Hall–Kier alpha value is -1.96. The third-order valence-electron chi connectivity index (χ3n) is 3.50. The Balaban J connectivity index is 1.98. The van der Waals surface area contributed by atoms with Crippen molar-refractivity contribution in [2.75, 3.05) is 5.75 Å². The van der Waals surface area contributed by atoms with E-state index < -0.39 is 21.1 Å². The highest BCUT2D eigenvalue weighted by Crippen LogP contribution is 2.23. The quantitative estimate of drug-likeness (QED) is 0.887. The molecule has 0 aromatic carbocycles. The lowest BCUT2D eigenvalue weighted by Crippen LogP contribution is -2.19. The number of hydrogen-bond acceptors (Lipinski definition) is 5. The standard InChI is InChI=1S/C12H13N3O4S/c16-12(17)9-4-1-5-11-13-10(14-15(9)11)7-8-3-2-6-20(8,18)19/h1,4-5,8H,2-3,6-7H2,(H,16,17). The van der Waals surface area contributed by atoms with Gasteiger partial charge in [0.1, 0.15) is 0 Å². The van der Waals surface area contributed by atoms with Crippen LogP contribution in [0.15, 0.2) is 18.2 Å². The van der Waals surface area contributed by atoms with Gasteiger partial charge in [-0.15, -0.1) is 0 Å². The molecule has 1 fully saturated rings. The summed E-state index contributed by atoms with van der Waals surface area (Å²) in [4.78, 5) is 15.3. The SMILES string of the molecule is O=C(O)c1cccc2nc(CC3CCCS3(=O)=O)nn12. The molecule has 106 valence electrons. The summed E-state index contributed by atoms with van der Waals surface area (Å²) in [6, 6.07) is 4.66. The molecule has 0 aliphatic carbocycles. The Kier molecular flexibility index (Phi) is 2.97. The van der Waals surface area contributed by atoms with E-state index in [4.69, 9.17) is 5.11 Å². The zero-order chi connectivity index (χ0) is 14.3. The van der Waals surface area contributed by atoms with E-state index in [1.807, 2.05) is 0 Å². The van der Waals surface area contributed by atoms with Gasteiger partial charge in [-0.3, -0.25) is 0 Å². The van der Waals surface area contributed by atoms with E-state index in [2.05, 4.69) is 10.1 Å². The van der Waals surface area contributed by atoms with Gasteiger partial charge in [0.05, 0.1) is 11.0 Å². The number of hydrogen-bond donors (Lipinski definition) is 1. The maximum Gasteiger partial charge on any atom is 0.354 e. The Morgan fingerprint density at radius 1 is 1.45 bits per heavy atom. The van der Waals surface area contributed by atoms with Gasteiger partial charge in [0.25, 0.3) is 0 Å². The van der Waals surface area contributed by atoms with Gasteiger partial charge in [0.2, 0.25) is 0 Å². The Morgan fingerprint density at radius 2 is 2.25 bits per heavy atom. The summed E-state index contributed by atoms with van der Waals surface area (Å²) in [6.45, 7) is 0. The fraction of sp³-hybridized carbons (Fsp3) is 0.417. The highest BCUT2D eigenvalue weighted by atomic mass is 32.2. The fourth-order valence-corrected chi connectivity index (χ4v) is 4.32. The van der Waals surface area contributed by atoms with Crippen LogP contribution in [-0.4, -0.2) is 45.1 Å². The van der Waals surface area contributed by atoms with Crippen LogP contribution in [0.4, 0.5) is 0 Å². The topological polar surface area (TPSA) is 102 Å². The fourth-order valence-electron chi connectivity index (χ4n) is 2.49. The van der Waals surface area contributed by atoms with Crippen LogP contribution in [0.3, 0.4) is 0 Å². The molecular weight excluding hydrogens is 282 g/mol. The van der Waals surface area contributed by atoms with E-state index in [0.717, 1.165) is 0 Å². The molecule has 0 amide bonds. The summed E-state index contributed by atoms with van der Waals surface area (Å²) in [5.74, 6) is -0.513. The van der Waals surface area contributed by atoms with Gasteiger partial charge >= 0.3 is 5.97 Å². The van der Waals surface area contributed by atoms with Crippen LogP contribution < -0.4 is 0 Å². The molecule has 0 radical (unpaired) electrons. The van der Waals surface area contributed by atoms with Gasteiger partial charge in [-0.2, -0.15) is 5.10 Å². The molecule has 1 unspecified atom stereocenters. The number of carboxylic acids is 1. The minimum atomic E-state index is -3.05. The molecule has 1 aliphatic heterocycles. The number of aromatic nitrogens is 3. The molecule has 1 saturated heterocycles. The lowest BCUT2D eigenvalue weighted by molar-refractivity contribution is 0.0687. The summed E-state index contributed by atoms with van der Waals surface area (Å²) < 4.78 is 24.8. The zero-order valence-electron chi connectivity index (χ0n) is 10.6. The smallest absolute Gasteiger partial charge is 0.354 e. The molecule has 3 rings (SSSR count). The predicted molar refractivity (Wildman–Crippen MR) is 70.5 cm³/mol. The van der Waals surface area contributed by atoms with Crippen molar-refractivity contribution in [2.24, 2.45) is 0 Å². The molecule has 2 aromatic heterocycles. The summed E-state index contributed by atoms with van der Waals surface area (Å²) in [5, 5.41) is 12.7. The first-order valence-electron chi connectivity index (χ1n) is 6.27. The first-order valence-corrected chi connectivity index (χ1v) is 7.98. The van der Waals surface area contributed by atoms with Gasteiger partial charge in [-0.25, -0.2) is 22.7 Å². The van der Waals surface area contributed by atoms with Crippen LogP contribution in [-0.2, 0) is 16.3 Å². The molecule has 0 saturated carbocycles. The molecule has 8 heteroatoms. The maximum atomic E-state index is 11.8. The van der Waals surface area contributed by atoms with Crippen molar-refractivity contribution in [3.63, 3.8) is 0 Å². The third-order valence-corrected chi connectivity index (χ3v) is 5.77. The van der Waals surface area contributed by atoms with Crippen molar-refractivity contribution in [2.45, 2.75) is 24.5 Å². The van der Waals surface area contributed by atoms with Gasteiger partial charge in [0.15, 0.2) is 27.0 Å². The van der Waals surface area contributed by atoms with Crippen molar-refractivity contribution in [1.82, 2.24) is 14.6 Å². The molecule has 7 nitrogen and oxygen atoms in total. The van der Waals surface area contributed by atoms with E-state index in [1.54, 1.807) is 12.1 Å². The number of aromatic carboxylic acids is 1. The predicted octanol–water partition coefficient (Wildman–Crippen LogP) is 0.547. The number of rotatable bonds is 3. The van der Waals surface area contributed by atoms with Crippen molar-refractivity contribution < 1.29 is 18.3 Å². The molecule has 2 aromatic rings. The first kappa shape index (κ1) is 13.0. The summed E-state index contributed by atoms with van der Waals surface area (Å²) in [7, 11) is -3.05. The van der Waals surface area contributed by atoms with Gasteiger partial charge in [0, 0.05) is 6.42 Å². The second-order valence-electron chi connectivity index (χ2n) is 4.85. The number of pyridine rings is 1. The molecular formula is C12H13N3O4S. The van der Waals surface area contributed by atoms with Crippen LogP contribution in [0.25, 0.3) is 5.65 Å². The minimum absolute atomic E-state index is 0.00975. The maximum absolute atomic E-state index is 11.8. The Bertz CT molecular complexity index is 781. The number of sulfone groups is 1. The van der Waals surface area contributed by atoms with E-state index >= 15 is 0 Å². The second-order valence-corrected chi connectivity index (χ2v) is 7.25. The number of nitrogens with zero attached hydrogens (tertiary/aromatic N) is 3. The Morgan fingerprint density at radius 3 is 2.90 bits per heavy atom.